The maximum absolute atomic E-state index is 6.25. The Labute approximate surface area is 220 Å². The van der Waals surface area contributed by atoms with Crippen LogP contribution in [0, 0.1) is 0 Å². The van der Waals surface area contributed by atoms with Gasteiger partial charge in [-0.05, 0) is 36.5 Å². The minimum atomic E-state index is 0.382. The molecule has 4 aromatic heterocycles. The van der Waals surface area contributed by atoms with E-state index in [4.69, 9.17) is 23.6 Å². The van der Waals surface area contributed by atoms with E-state index in [1.165, 1.54) is 16.3 Å². The molecule has 0 atom stereocenters. The lowest BCUT2D eigenvalue weighted by molar-refractivity contribution is 0.302. The second-order valence-electron chi connectivity index (χ2n) is 8.42. The number of nitrogens with zero attached hydrogens (tertiary/aromatic N) is 5. The second kappa shape index (κ2) is 9.92. The Bertz CT molecular complexity index is 1470. The molecule has 12 heteroatoms. The monoisotopic (exact) mass is 543 g/mol. The van der Waals surface area contributed by atoms with Crippen molar-refractivity contribution < 1.29 is 18.6 Å². The van der Waals surface area contributed by atoms with Crippen molar-refractivity contribution >= 4 is 50.6 Å². The molecule has 1 aromatic carbocycles. The van der Waals surface area contributed by atoms with Crippen LogP contribution in [0.2, 0.25) is 0 Å². The van der Waals surface area contributed by atoms with E-state index in [9.17, 15) is 0 Å². The van der Waals surface area contributed by atoms with Crippen molar-refractivity contribution in [1.82, 2.24) is 23.9 Å². The zero-order valence-electron chi connectivity index (χ0n) is 20.1. The molecule has 0 spiro atoms. The molecule has 0 unspecified atom stereocenters. The number of benzene rings is 1. The van der Waals surface area contributed by atoms with Crippen molar-refractivity contribution in [2.75, 3.05) is 33.6 Å². The van der Waals surface area contributed by atoms with Gasteiger partial charge in [0, 0.05) is 36.5 Å². The van der Waals surface area contributed by atoms with Crippen LogP contribution in [0.5, 0.6) is 16.7 Å². The van der Waals surface area contributed by atoms with E-state index in [1.54, 1.807) is 30.1 Å². The Balaban J connectivity index is 1.22. The number of imidazole rings is 1. The SMILES string of the molecule is COc1cc(OCc2csc(C3CCN(SC)CC3)n2)c2cc(-c3cn4nc(OC)sc4n3)oc2c1. The summed E-state index contributed by atoms with van der Waals surface area (Å²) in [4.78, 5) is 10.3. The third-order valence-corrected chi connectivity index (χ3v) is 9.09. The maximum Gasteiger partial charge on any atom is 0.294 e. The lowest BCUT2D eigenvalue weighted by Crippen LogP contribution is -2.27. The van der Waals surface area contributed by atoms with Gasteiger partial charge in [0.25, 0.3) is 5.19 Å². The zero-order chi connectivity index (χ0) is 24.6. The molecule has 0 amide bonds. The largest absolute Gasteiger partial charge is 0.496 e. The van der Waals surface area contributed by atoms with Gasteiger partial charge >= 0.3 is 0 Å². The highest BCUT2D eigenvalue weighted by atomic mass is 32.2. The van der Waals surface area contributed by atoms with Gasteiger partial charge < -0.3 is 18.6 Å². The lowest BCUT2D eigenvalue weighted by Gasteiger charge is -2.28. The normalized spacial score (nSPS) is 15.2. The molecule has 0 radical (unpaired) electrons. The highest BCUT2D eigenvalue weighted by Crippen LogP contribution is 2.38. The maximum atomic E-state index is 6.25. The van der Waals surface area contributed by atoms with Crippen LogP contribution in [0.25, 0.3) is 27.4 Å². The number of aromatic nitrogens is 4. The smallest absolute Gasteiger partial charge is 0.294 e. The molecule has 1 aliphatic rings. The molecule has 6 rings (SSSR count). The van der Waals surface area contributed by atoms with Gasteiger partial charge in [0.05, 0.1) is 36.5 Å². The fourth-order valence-electron chi connectivity index (χ4n) is 4.34. The summed E-state index contributed by atoms with van der Waals surface area (Å²) in [6.07, 6.45) is 6.27. The van der Waals surface area contributed by atoms with Crippen LogP contribution in [0.1, 0.15) is 29.5 Å². The van der Waals surface area contributed by atoms with Crippen molar-refractivity contribution in [2.24, 2.45) is 0 Å². The van der Waals surface area contributed by atoms with Crippen molar-refractivity contribution in [2.45, 2.75) is 25.4 Å². The summed E-state index contributed by atoms with van der Waals surface area (Å²) in [5.74, 6) is 2.51. The molecule has 1 fully saturated rings. The molecule has 5 aromatic rings. The number of hydrogen-bond acceptors (Lipinski definition) is 11. The van der Waals surface area contributed by atoms with Crippen LogP contribution < -0.4 is 14.2 Å². The molecule has 0 saturated carbocycles. The number of fused-ring (bicyclic) bond motifs is 2. The summed E-state index contributed by atoms with van der Waals surface area (Å²) in [6, 6.07) is 5.68. The summed E-state index contributed by atoms with van der Waals surface area (Å²) >= 11 is 4.93. The third-order valence-electron chi connectivity index (χ3n) is 6.27. The van der Waals surface area contributed by atoms with E-state index in [2.05, 4.69) is 26.0 Å². The molecule has 0 aliphatic carbocycles. The molecular weight excluding hydrogens is 518 g/mol. The first-order valence-electron chi connectivity index (χ1n) is 11.5. The van der Waals surface area contributed by atoms with Gasteiger partial charge in [-0.25, -0.2) is 14.5 Å². The summed E-state index contributed by atoms with van der Waals surface area (Å²) < 4.78 is 27.2. The van der Waals surface area contributed by atoms with Crippen LogP contribution >= 0.6 is 34.6 Å². The minimum Gasteiger partial charge on any atom is -0.496 e. The van der Waals surface area contributed by atoms with E-state index >= 15 is 0 Å². The fraction of sp³-hybridized carbons (Fsp3) is 0.375. The molecule has 0 bridgehead atoms. The molecule has 1 aliphatic heterocycles. The Morgan fingerprint density at radius 1 is 1.14 bits per heavy atom. The van der Waals surface area contributed by atoms with Crippen molar-refractivity contribution in [1.29, 1.82) is 0 Å². The molecule has 9 nitrogen and oxygen atoms in total. The first-order valence-corrected chi connectivity index (χ1v) is 14.4. The van der Waals surface area contributed by atoms with Crippen LogP contribution in [0.3, 0.4) is 0 Å². The van der Waals surface area contributed by atoms with Crippen molar-refractivity contribution in [3.63, 3.8) is 0 Å². The van der Waals surface area contributed by atoms with Gasteiger partial charge in [0.2, 0.25) is 4.96 Å². The van der Waals surface area contributed by atoms with E-state index in [0.29, 0.717) is 46.3 Å². The Morgan fingerprint density at radius 2 is 2.00 bits per heavy atom. The van der Waals surface area contributed by atoms with E-state index in [0.717, 1.165) is 42.0 Å². The predicted octanol–water partition coefficient (Wildman–Crippen LogP) is 5.71. The van der Waals surface area contributed by atoms with E-state index in [-0.39, 0.29) is 0 Å². The fourth-order valence-corrected chi connectivity index (χ4v) is 6.59. The third kappa shape index (κ3) is 4.54. The lowest BCUT2D eigenvalue weighted by atomic mass is 9.99. The molecule has 1 saturated heterocycles. The molecule has 5 heterocycles. The Morgan fingerprint density at radius 3 is 2.75 bits per heavy atom. The Kier molecular flexibility index (Phi) is 6.50. The van der Waals surface area contributed by atoms with Crippen LogP contribution in [-0.2, 0) is 6.61 Å². The summed E-state index contributed by atoms with van der Waals surface area (Å²) in [7, 11) is 3.22. The van der Waals surface area contributed by atoms with Crippen LogP contribution in [0.15, 0.2) is 34.2 Å². The number of furan rings is 1. The van der Waals surface area contributed by atoms with E-state index < -0.39 is 0 Å². The molecule has 0 N–H and O–H groups in total. The van der Waals surface area contributed by atoms with Crippen LogP contribution in [0.4, 0.5) is 0 Å². The number of thiazole rings is 1. The first-order chi connectivity index (χ1) is 17.6. The Hall–Kier alpha value is -2.80. The van der Waals surface area contributed by atoms with Gasteiger partial charge in [0.1, 0.15) is 29.4 Å². The van der Waals surface area contributed by atoms with Gasteiger partial charge in [-0.1, -0.05) is 11.9 Å². The number of rotatable bonds is 8. The highest BCUT2D eigenvalue weighted by molar-refractivity contribution is 7.96. The van der Waals surface area contributed by atoms with E-state index in [1.807, 2.05) is 36.3 Å². The topological polar surface area (TPSA) is 87.2 Å². The quantitative estimate of drug-likeness (QED) is 0.228. The molecule has 188 valence electrons. The van der Waals surface area contributed by atoms with Gasteiger partial charge in [0.15, 0.2) is 5.76 Å². The number of hydrogen-bond donors (Lipinski definition) is 0. The zero-order valence-corrected chi connectivity index (χ0v) is 22.5. The summed E-state index contributed by atoms with van der Waals surface area (Å²) in [5.41, 5.74) is 2.30. The van der Waals surface area contributed by atoms with Crippen LogP contribution in [-0.4, -0.2) is 57.5 Å². The summed E-state index contributed by atoms with van der Waals surface area (Å²) in [6.45, 7) is 2.60. The van der Waals surface area contributed by atoms with Crippen molar-refractivity contribution in [3.05, 3.63) is 40.5 Å². The average molecular weight is 544 g/mol. The van der Waals surface area contributed by atoms with Gasteiger partial charge in [-0.3, -0.25) is 4.31 Å². The predicted molar refractivity (Wildman–Crippen MR) is 143 cm³/mol. The molecular formula is C24H25N5O4S3. The average Bonchev–Trinajstić information content (AvgIpc) is 3.69. The number of ether oxygens (including phenoxy) is 3. The molecule has 36 heavy (non-hydrogen) atoms. The van der Waals surface area contributed by atoms with Gasteiger partial charge in [-0.2, -0.15) is 0 Å². The number of methoxy groups -OCH3 is 2. The minimum absolute atomic E-state index is 0.382. The summed E-state index contributed by atoms with van der Waals surface area (Å²) in [5, 5.41) is 9.07. The second-order valence-corrected chi connectivity index (χ2v) is 11.1. The highest BCUT2D eigenvalue weighted by Gasteiger charge is 2.23. The number of piperidine rings is 1. The van der Waals surface area contributed by atoms with Gasteiger partial charge in [-0.15, -0.1) is 16.4 Å². The first kappa shape index (κ1) is 23.6. The van der Waals surface area contributed by atoms with Crippen molar-refractivity contribution in [3.8, 4) is 28.1 Å². The standard InChI is InChI=1S/C24H25N5O4S3/c1-30-16-8-19(32-12-15-13-35-22(25-15)14-4-6-28(34-3)7-5-14)17-10-21(33-20(17)9-16)18-11-29-23(26-18)36-24(27-29)31-2/h8-11,13-14H,4-7,12H2,1-3H3.